The van der Waals surface area contributed by atoms with Crippen LogP contribution in [0.5, 0.6) is 23.0 Å². The number of ether oxygens (including phenoxy) is 2. The average molecular weight is 380 g/mol. The lowest BCUT2D eigenvalue weighted by Gasteiger charge is -2.38. The second kappa shape index (κ2) is 5.92. The highest BCUT2D eigenvalue weighted by Gasteiger charge is 2.36. The summed E-state index contributed by atoms with van der Waals surface area (Å²) in [6.45, 7) is 4.25. The molecule has 3 aromatic carbocycles. The van der Waals surface area contributed by atoms with Gasteiger partial charge in [-0.1, -0.05) is 43.3 Å². The lowest BCUT2D eigenvalue weighted by Crippen LogP contribution is -2.20. The van der Waals surface area contributed by atoms with Gasteiger partial charge in [0, 0.05) is 17.3 Å². The van der Waals surface area contributed by atoms with E-state index in [0.29, 0.717) is 0 Å². The van der Waals surface area contributed by atoms with Crippen LogP contribution >= 0.6 is 0 Å². The molecule has 0 radical (unpaired) electrons. The summed E-state index contributed by atoms with van der Waals surface area (Å²) in [6.07, 6.45) is 5.35. The Morgan fingerprint density at radius 3 is 2.34 bits per heavy atom. The number of anilines is 3. The minimum atomic E-state index is 0.799. The van der Waals surface area contributed by atoms with E-state index in [-0.39, 0.29) is 0 Å². The molecule has 1 aromatic heterocycles. The predicted molar refractivity (Wildman–Crippen MR) is 117 cm³/mol. The number of H-pyrrole nitrogens is 1. The molecule has 0 saturated heterocycles. The van der Waals surface area contributed by atoms with Gasteiger partial charge in [0.2, 0.25) is 0 Å². The average Bonchev–Trinajstić information content (AvgIpc) is 3.06. The predicted octanol–water partition coefficient (Wildman–Crippen LogP) is 7.58. The SMILES string of the molecule is CC/C=C\c1c(C)[nH]c2cc3c4c(c12)Oc1ccccc1N4c1ccccc1O3. The fourth-order valence-corrected chi connectivity index (χ4v) is 4.34. The van der Waals surface area contributed by atoms with E-state index < -0.39 is 0 Å². The highest BCUT2D eigenvalue weighted by Crippen LogP contribution is 2.61. The van der Waals surface area contributed by atoms with E-state index in [4.69, 9.17) is 9.47 Å². The van der Waals surface area contributed by atoms with Crippen LogP contribution in [-0.2, 0) is 0 Å². The number of aromatic amines is 1. The van der Waals surface area contributed by atoms with Crippen LogP contribution in [0.25, 0.3) is 17.0 Å². The summed E-state index contributed by atoms with van der Waals surface area (Å²) in [5.41, 5.74) is 6.31. The summed E-state index contributed by atoms with van der Waals surface area (Å²) in [6, 6.07) is 18.4. The van der Waals surface area contributed by atoms with Crippen LogP contribution in [0.4, 0.5) is 17.1 Å². The third kappa shape index (κ3) is 2.20. The number of hydrogen-bond donors (Lipinski definition) is 1. The Hall–Kier alpha value is -3.66. The van der Waals surface area contributed by atoms with Gasteiger partial charge in [0.1, 0.15) is 5.69 Å². The number of allylic oxidation sites excluding steroid dienone is 1. The number of hydrogen-bond acceptors (Lipinski definition) is 3. The van der Waals surface area contributed by atoms with Crippen molar-refractivity contribution in [2.24, 2.45) is 0 Å². The molecule has 0 aliphatic carbocycles. The molecule has 4 heteroatoms. The molecule has 0 bridgehead atoms. The zero-order chi connectivity index (χ0) is 19.5. The number of nitrogens with one attached hydrogen (secondary N) is 1. The number of aryl methyl sites for hydroxylation is 1. The van der Waals surface area contributed by atoms with E-state index in [9.17, 15) is 0 Å². The van der Waals surface area contributed by atoms with Gasteiger partial charge in [-0.15, -0.1) is 0 Å². The molecule has 0 spiro atoms. The minimum absolute atomic E-state index is 0.799. The first-order valence-electron chi connectivity index (χ1n) is 9.96. The molecular weight excluding hydrogens is 360 g/mol. The summed E-state index contributed by atoms with van der Waals surface area (Å²) >= 11 is 0. The molecule has 1 N–H and O–H groups in total. The highest BCUT2D eigenvalue weighted by molar-refractivity contribution is 6.06. The van der Waals surface area contributed by atoms with Crippen LogP contribution in [0, 0.1) is 6.92 Å². The molecule has 29 heavy (non-hydrogen) atoms. The molecule has 6 rings (SSSR count). The van der Waals surface area contributed by atoms with Gasteiger partial charge in [-0.25, -0.2) is 0 Å². The number of benzene rings is 3. The molecule has 0 fully saturated rings. The molecule has 0 atom stereocenters. The van der Waals surface area contributed by atoms with E-state index in [1.165, 1.54) is 0 Å². The zero-order valence-corrected chi connectivity index (χ0v) is 16.3. The number of fused-ring (bicyclic) bond motifs is 6. The smallest absolute Gasteiger partial charge is 0.165 e. The van der Waals surface area contributed by atoms with E-state index in [2.05, 4.69) is 54.1 Å². The van der Waals surface area contributed by atoms with Crippen LogP contribution < -0.4 is 14.4 Å². The van der Waals surface area contributed by atoms with Crippen LogP contribution in [0.3, 0.4) is 0 Å². The molecule has 4 aromatic rings. The standard InChI is InChI=1S/C25H20N2O2/c1-3-4-9-16-15(2)26-17-14-22-24-25(23(16)17)29-21-13-8-6-11-19(21)27(24)18-10-5-7-12-20(18)28-22/h4-14,26H,3H2,1-2H3/b9-4-. The monoisotopic (exact) mass is 380 g/mol. The van der Waals surface area contributed by atoms with Crippen molar-refractivity contribution in [1.82, 2.24) is 4.98 Å². The maximum absolute atomic E-state index is 6.51. The van der Waals surface area contributed by atoms with Crippen LogP contribution in [0.2, 0.25) is 0 Å². The Morgan fingerprint density at radius 1 is 0.931 bits per heavy atom. The van der Waals surface area contributed by atoms with Crippen molar-refractivity contribution in [3.63, 3.8) is 0 Å². The van der Waals surface area contributed by atoms with Gasteiger partial charge in [-0.2, -0.15) is 0 Å². The molecule has 142 valence electrons. The number of aromatic nitrogens is 1. The lowest BCUT2D eigenvalue weighted by atomic mass is 10.0. The van der Waals surface area contributed by atoms with Crippen LogP contribution in [-0.4, -0.2) is 4.98 Å². The van der Waals surface area contributed by atoms with Gasteiger partial charge in [0.05, 0.1) is 22.3 Å². The highest BCUT2D eigenvalue weighted by atomic mass is 16.5. The van der Waals surface area contributed by atoms with Crippen LogP contribution in [0.15, 0.2) is 60.7 Å². The molecular formula is C25H20N2O2. The quantitative estimate of drug-likeness (QED) is 0.336. The third-order valence-corrected chi connectivity index (χ3v) is 5.60. The molecule has 3 heterocycles. The van der Waals surface area contributed by atoms with Crippen LogP contribution in [0.1, 0.15) is 24.6 Å². The Kier molecular flexibility index (Phi) is 3.33. The van der Waals surface area contributed by atoms with Crippen molar-refractivity contribution < 1.29 is 9.47 Å². The van der Waals surface area contributed by atoms with Gasteiger partial charge in [0.25, 0.3) is 0 Å². The molecule has 2 aliphatic heterocycles. The zero-order valence-electron chi connectivity index (χ0n) is 16.3. The molecule has 0 saturated carbocycles. The maximum Gasteiger partial charge on any atom is 0.165 e. The summed E-state index contributed by atoms with van der Waals surface area (Å²) in [4.78, 5) is 5.78. The van der Waals surface area contributed by atoms with E-state index in [1.54, 1.807) is 0 Å². The third-order valence-electron chi connectivity index (χ3n) is 5.60. The summed E-state index contributed by atoms with van der Waals surface area (Å²) in [5, 5.41) is 1.09. The topological polar surface area (TPSA) is 37.5 Å². The number of rotatable bonds is 2. The Labute approximate surface area is 169 Å². The van der Waals surface area contributed by atoms with Crippen molar-refractivity contribution in [1.29, 1.82) is 0 Å². The van der Waals surface area contributed by atoms with Crippen molar-refractivity contribution >= 4 is 34.0 Å². The van der Waals surface area contributed by atoms with Gasteiger partial charge >= 0.3 is 0 Å². The fourth-order valence-electron chi connectivity index (χ4n) is 4.34. The van der Waals surface area contributed by atoms with Crippen molar-refractivity contribution in [2.45, 2.75) is 20.3 Å². The van der Waals surface area contributed by atoms with E-state index >= 15 is 0 Å². The minimum Gasteiger partial charge on any atom is -0.453 e. The fraction of sp³-hybridized carbons (Fsp3) is 0.120. The van der Waals surface area contributed by atoms with Gasteiger partial charge in [0.15, 0.2) is 23.0 Å². The first kappa shape index (κ1) is 16.3. The normalized spacial score (nSPS) is 13.7. The van der Waals surface area contributed by atoms with Gasteiger partial charge in [-0.05, 0) is 37.6 Å². The maximum atomic E-state index is 6.51. The Morgan fingerprint density at radius 2 is 1.62 bits per heavy atom. The number of nitrogens with zero attached hydrogens (tertiary/aromatic N) is 1. The Balaban J connectivity index is 1.73. The molecule has 0 amide bonds. The summed E-state index contributed by atoms with van der Waals surface area (Å²) < 4.78 is 12.8. The largest absolute Gasteiger partial charge is 0.453 e. The number of para-hydroxylation sites is 4. The summed E-state index contributed by atoms with van der Waals surface area (Å²) in [7, 11) is 0. The van der Waals surface area contributed by atoms with Gasteiger partial charge < -0.3 is 14.5 Å². The van der Waals surface area contributed by atoms with Crippen molar-refractivity contribution in [3.05, 3.63) is 71.9 Å². The molecule has 0 unspecified atom stereocenters. The molecule has 4 nitrogen and oxygen atoms in total. The van der Waals surface area contributed by atoms with Gasteiger partial charge in [-0.3, -0.25) is 4.90 Å². The van der Waals surface area contributed by atoms with Crippen molar-refractivity contribution in [2.75, 3.05) is 4.90 Å². The second-order valence-corrected chi connectivity index (χ2v) is 7.42. The van der Waals surface area contributed by atoms with E-state index in [1.807, 2.05) is 36.4 Å². The van der Waals surface area contributed by atoms with Crippen molar-refractivity contribution in [3.8, 4) is 23.0 Å². The summed E-state index contributed by atoms with van der Waals surface area (Å²) in [5.74, 6) is 3.33. The first-order valence-corrected chi connectivity index (χ1v) is 9.96. The Bertz CT molecular complexity index is 1310. The lowest BCUT2D eigenvalue weighted by molar-refractivity contribution is 0.450. The first-order chi connectivity index (χ1) is 14.3. The van der Waals surface area contributed by atoms with E-state index in [0.717, 1.165) is 68.6 Å². The molecule has 2 aliphatic rings. The second-order valence-electron chi connectivity index (χ2n) is 7.42.